The predicted molar refractivity (Wildman–Crippen MR) is 61.9 cm³/mol. The highest BCUT2D eigenvalue weighted by molar-refractivity contribution is 8.00. The molecule has 0 amide bonds. The lowest BCUT2D eigenvalue weighted by molar-refractivity contribution is 0.124. The van der Waals surface area contributed by atoms with Crippen LogP contribution in [-0.4, -0.2) is 36.8 Å². The fourth-order valence-corrected chi connectivity index (χ4v) is 3.08. The third-order valence-corrected chi connectivity index (χ3v) is 4.41. The molecule has 0 bridgehead atoms. The molecule has 2 unspecified atom stereocenters. The Bertz CT molecular complexity index is 173. The van der Waals surface area contributed by atoms with Crippen molar-refractivity contribution in [3.05, 3.63) is 0 Å². The van der Waals surface area contributed by atoms with E-state index in [9.17, 15) is 0 Å². The summed E-state index contributed by atoms with van der Waals surface area (Å²) in [6.45, 7) is 5.24. The van der Waals surface area contributed by atoms with E-state index in [1.54, 1.807) is 0 Å². The minimum absolute atomic E-state index is 0.726. The van der Waals surface area contributed by atoms with Gasteiger partial charge in [-0.1, -0.05) is 6.92 Å². The minimum Gasteiger partial charge on any atom is -0.380 e. The molecule has 2 atom stereocenters. The van der Waals surface area contributed by atoms with Gasteiger partial charge in [0.05, 0.1) is 6.61 Å². The largest absolute Gasteiger partial charge is 0.380 e. The van der Waals surface area contributed by atoms with Crippen molar-refractivity contribution >= 4 is 11.8 Å². The van der Waals surface area contributed by atoms with Crippen molar-refractivity contribution in [1.29, 1.82) is 0 Å². The molecule has 2 fully saturated rings. The maximum atomic E-state index is 5.58. The quantitative estimate of drug-likeness (QED) is 0.684. The third-order valence-electron chi connectivity index (χ3n) is 3.08. The Morgan fingerprint density at radius 1 is 1.36 bits per heavy atom. The summed E-state index contributed by atoms with van der Waals surface area (Å²) in [4.78, 5) is 0. The van der Waals surface area contributed by atoms with E-state index in [1.807, 2.05) is 0 Å². The van der Waals surface area contributed by atoms with Crippen molar-refractivity contribution in [2.45, 2.75) is 37.5 Å². The van der Waals surface area contributed by atoms with Crippen LogP contribution in [0.5, 0.6) is 0 Å². The van der Waals surface area contributed by atoms with E-state index in [0.29, 0.717) is 0 Å². The number of rotatable bonds is 6. The normalized spacial score (nSPS) is 32.4. The van der Waals surface area contributed by atoms with Crippen LogP contribution in [0.15, 0.2) is 0 Å². The number of ether oxygens (including phenoxy) is 1. The van der Waals surface area contributed by atoms with Crippen molar-refractivity contribution in [3.8, 4) is 0 Å². The van der Waals surface area contributed by atoms with E-state index >= 15 is 0 Å². The van der Waals surface area contributed by atoms with Crippen LogP contribution in [0.2, 0.25) is 0 Å². The molecular weight excluding hydrogens is 194 g/mol. The topological polar surface area (TPSA) is 21.3 Å². The van der Waals surface area contributed by atoms with Crippen LogP contribution in [0.4, 0.5) is 0 Å². The van der Waals surface area contributed by atoms with Crippen molar-refractivity contribution in [2.75, 3.05) is 25.5 Å². The zero-order chi connectivity index (χ0) is 9.80. The van der Waals surface area contributed by atoms with Gasteiger partial charge < -0.3 is 10.1 Å². The molecule has 1 saturated carbocycles. The maximum absolute atomic E-state index is 5.58. The number of hydrogen-bond donors (Lipinski definition) is 1. The van der Waals surface area contributed by atoms with Crippen LogP contribution < -0.4 is 5.32 Å². The Kier molecular flexibility index (Phi) is 4.14. The SMILES string of the molecule is CC1SCCC1NCCOCC1CC1. The molecule has 1 N–H and O–H groups in total. The molecule has 0 aromatic rings. The molecule has 14 heavy (non-hydrogen) atoms. The lowest BCUT2D eigenvalue weighted by atomic mass is 10.2. The Labute approximate surface area is 91.2 Å². The van der Waals surface area contributed by atoms with Gasteiger partial charge in [-0.15, -0.1) is 0 Å². The summed E-state index contributed by atoms with van der Waals surface area (Å²) < 4.78 is 5.58. The summed E-state index contributed by atoms with van der Waals surface area (Å²) in [6.07, 6.45) is 4.11. The molecule has 1 heterocycles. The highest BCUT2D eigenvalue weighted by Crippen LogP contribution is 2.28. The highest BCUT2D eigenvalue weighted by Gasteiger charge is 2.23. The van der Waals surface area contributed by atoms with Crippen LogP contribution >= 0.6 is 11.8 Å². The molecular formula is C11H21NOS. The van der Waals surface area contributed by atoms with Gasteiger partial charge >= 0.3 is 0 Å². The molecule has 1 aliphatic carbocycles. The van der Waals surface area contributed by atoms with Gasteiger partial charge in [0.1, 0.15) is 0 Å². The highest BCUT2D eigenvalue weighted by atomic mass is 32.2. The first-order valence-electron chi connectivity index (χ1n) is 5.79. The average Bonchev–Trinajstić information content (AvgIpc) is 2.91. The van der Waals surface area contributed by atoms with Crippen LogP contribution in [0.1, 0.15) is 26.2 Å². The van der Waals surface area contributed by atoms with Crippen LogP contribution in [0, 0.1) is 5.92 Å². The molecule has 1 saturated heterocycles. The predicted octanol–water partition coefficient (Wildman–Crippen LogP) is 1.90. The van der Waals surface area contributed by atoms with Gasteiger partial charge in [0.15, 0.2) is 0 Å². The second kappa shape index (κ2) is 5.38. The second-order valence-corrected chi connectivity index (χ2v) is 5.93. The Morgan fingerprint density at radius 3 is 2.86 bits per heavy atom. The van der Waals surface area contributed by atoms with Gasteiger partial charge in [0.25, 0.3) is 0 Å². The third kappa shape index (κ3) is 3.44. The smallest absolute Gasteiger partial charge is 0.0591 e. The molecule has 0 spiro atoms. The Hall–Kier alpha value is 0.270. The zero-order valence-corrected chi connectivity index (χ0v) is 9.81. The van der Waals surface area contributed by atoms with Gasteiger partial charge in [-0.3, -0.25) is 0 Å². The fourth-order valence-electron chi connectivity index (χ4n) is 1.85. The van der Waals surface area contributed by atoms with E-state index in [1.165, 1.54) is 25.0 Å². The molecule has 2 nitrogen and oxygen atoms in total. The Balaban J connectivity index is 1.45. The van der Waals surface area contributed by atoms with Crippen molar-refractivity contribution in [2.24, 2.45) is 5.92 Å². The van der Waals surface area contributed by atoms with E-state index in [-0.39, 0.29) is 0 Å². The molecule has 2 rings (SSSR count). The van der Waals surface area contributed by atoms with Crippen LogP contribution in [0.3, 0.4) is 0 Å². The van der Waals surface area contributed by atoms with Crippen LogP contribution in [0.25, 0.3) is 0 Å². The molecule has 0 aromatic carbocycles. The lowest BCUT2D eigenvalue weighted by Crippen LogP contribution is -2.35. The number of nitrogens with one attached hydrogen (secondary N) is 1. The molecule has 82 valence electrons. The number of thioether (sulfide) groups is 1. The van der Waals surface area contributed by atoms with Gasteiger partial charge in [-0.05, 0) is 30.9 Å². The summed E-state index contributed by atoms with van der Waals surface area (Å²) in [6, 6.07) is 0.726. The van der Waals surface area contributed by atoms with Gasteiger partial charge in [0.2, 0.25) is 0 Å². The summed E-state index contributed by atoms with van der Waals surface area (Å²) in [5, 5.41) is 4.37. The summed E-state index contributed by atoms with van der Waals surface area (Å²) in [5.41, 5.74) is 0. The van der Waals surface area contributed by atoms with Gasteiger partial charge in [-0.2, -0.15) is 11.8 Å². The van der Waals surface area contributed by atoms with E-state index < -0.39 is 0 Å². The second-order valence-electron chi connectivity index (χ2n) is 4.44. The average molecular weight is 215 g/mol. The lowest BCUT2D eigenvalue weighted by Gasteiger charge is -2.16. The first-order chi connectivity index (χ1) is 6.86. The summed E-state index contributed by atoms with van der Waals surface area (Å²) in [5.74, 6) is 2.22. The van der Waals surface area contributed by atoms with E-state index in [2.05, 4.69) is 24.0 Å². The van der Waals surface area contributed by atoms with E-state index in [0.717, 1.165) is 37.0 Å². The van der Waals surface area contributed by atoms with Crippen molar-refractivity contribution < 1.29 is 4.74 Å². The molecule has 1 aliphatic heterocycles. The molecule has 3 heteroatoms. The van der Waals surface area contributed by atoms with Gasteiger partial charge in [-0.25, -0.2) is 0 Å². The minimum atomic E-state index is 0.726. The van der Waals surface area contributed by atoms with Gasteiger partial charge in [0, 0.05) is 24.4 Å². The summed E-state index contributed by atoms with van der Waals surface area (Å²) in [7, 11) is 0. The first-order valence-corrected chi connectivity index (χ1v) is 6.84. The zero-order valence-electron chi connectivity index (χ0n) is 9.00. The monoisotopic (exact) mass is 215 g/mol. The van der Waals surface area contributed by atoms with E-state index in [4.69, 9.17) is 4.74 Å². The fraction of sp³-hybridized carbons (Fsp3) is 1.00. The van der Waals surface area contributed by atoms with Crippen molar-refractivity contribution in [3.63, 3.8) is 0 Å². The summed E-state index contributed by atoms with van der Waals surface area (Å²) >= 11 is 2.08. The molecule has 0 radical (unpaired) electrons. The number of hydrogen-bond acceptors (Lipinski definition) is 3. The Morgan fingerprint density at radius 2 is 2.21 bits per heavy atom. The molecule has 2 aliphatic rings. The van der Waals surface area contributed by atoms with Crippen molar-refractivity contribution in [1.82, 2.24) is 5.32 Å². The van der Waals surface area contributed by atoms with Crippen LogP contribution in [-0.2, 0) is 4.74 Å². The standard InChI is InChI=1S/C11H21NOS/c1-9-11(4-7-14-9)12-5-6-13-8-10-2-3-10/h9-12H,2-8H2,1H3. The first kappa shape index (κ1) is 10.8. The maximum Gasteiger partial charge on any atom is 0.0591 e. The molecule has 0 aromatic heterocycles.